The first-order chi connectivity index (χ1) is 10.4. The van der Waals surface area contributed by atoms with E-state index >= 15 is 0 Å². The maximum Gasteiger partial charge on any atom is 0.187 e. The highest BCUT2D eigenvalue weighted by atomic mass is 79.9. The number of hydrogen-bond donors (Lipinski definition) is 1. The van der Waals surface area contributed by atoms with Crippen molar-refractivity contribution in [3.8, 4) is 0 Å². The molecule has 6 heteroatoms. The highest BCUT2D eigenvalue weighted by Crippen LogP contribution is 2.14. The van der Waals surface area contributed by atoms with Crippen molar-refractivity contribution in [2.75, 3.05) is 11.6 Å². The largest absolute Gasteiger partial charge is 0.362 e. The van der Waals surface area contributed by atoms with Gasteiger partial charge in [0.15, 0.2) is 15.6 Å². The molecule has 114 valence electrons. The van der Waals surface area contributed by atoms with Gasteiger partial charge >= 0.3 is 0 Å². The van der Waals surface area contributed by atoms with E-state index in [-0.39, 0.29) is 10.7 Å². The van der Waals surface area contributed by atoms with Crippen molar-refractivity contribution in [3.63, 3.8) is 0 Å². The lowest BCUT2D eigenvalue weighted by atomic mass is 10.1. The Balaban J connectivity index is 2.00. The number of hydrogen-bond acceptors (Lipinski definition) is 4. The summed E-state index contributed by atoms with van der Waals surface area (Å²) in [6.07, 6.45) is 4.11. The molecule has 2 rings (SSSR count). The fourth-order valence-electron chi connectivity index (χ4n) is 1.72. The summed E-state index contributed by atoms with van der Waals surface area (Å²) in [4.78, 5) is 12.2. The number of carbonyl (C=O) groups is 1. The first-order valence-electron chi connectivity index (χ1n) is 6.39. The van der Waals surface area contributed by atoms with Crippen LogP contribution in [0.4, 0.5) is 5.69 Å². The van der Waals surface area contributed by atoms with Gasteiger partial charge in [-0.2, -0.15) is 0 Å². The molecule has 0 spiro atoms. The minimum atomic E-state index is -3.20. The van der Waals surface area contributed by atoms with Gasteiger partial charge in [0.05, 0.1) is 4.90 Å². The zero-order valence-electron chi connectivity index (χ0n) is 11.8. The standard InChI is InChI=1S/C16H14BrNO3S/c1-22(20,21)15-8-6-14(7-9-15)18-11-10-16(19)12-2-4-13(17)5-3-12/h2-11,18H,1H3/b11-10+. The van der Waals surface area contributed by atoms with Crippen LogP contribution < -0.4 is 5.32 Å². The second-order valence-electron chi connectivity index (χ2n) is 4.65. The molecule has 0 heterocycles. The Morgan fingerprint density at radius 1 is 1.05 bits per heavy atom. The van der Waals surface area contributed by atoms with Gasteiger partial charge < -0.3 is 5.32 Å². The van der Waals surface area contributed by atoms with Gasteiger partial charge in [-0.15, -0.1) is 0 Å². The van der Waals surface area contributed by atoms with Crippen molar-refractivity contribution in [2.45, 2.75) is 4.90 Å². The summed E-state index contributed by atoms with van der Waals surface area (Å²) in [7, 11) is -3.20. The van der Waals surface area contributed by atoms with Crippen molar-refractivity contribution >= 4 is 37.2 Å². The van der Waals surface area contributed by atoms with Crippen LogP contribution in [-0.2, 0) is 9.84 Å². The van der Waals surface area contributed by atoms with Gasteiger partial charge in [0.25, 0.3) is 0 Å². The first kappa shape index (κ1) is 16.5. The third-order valence-corrected chi connectivity index (χ3v) is 4.55. The van der Waals surface area contributed by atoms with Crippen molar-refractivity contribution in [2.24, 2.45) is 0 Å². The Labute approximate surface area is 137 Å². The van der Waals surface area contributed by atoms with Crippen molar-refractivity contribution in [3.05, 3.63) is 70.8 Å². The molecule has 0 fully saturated rings. The Hall–Kier alpha value is -1.92. The molecule has 0 bridgehead atoms. The van der Waals surface area contributed by atoms with E-state index < -0.39 is 9.84 Å². The fourth-order valence-corrected chi connectivity index (χ4v) is 2.62. The molecule has 2 aromatic rings. The summed E-state index contributed by atoms with van der Waals surface area (Å²) in [5.41, 5.74) is 1.29. The SMILES string of the molecule is CS(=O)(=O)c1ccc(N/C=C/C(=O)c2ccc(Br)cc2)cc1. The molecular weight excluding hydrogens is 366 g/mol. The highest BCUT2D eigenvalue weighted by Gasteiger charge is 2.05. The Bertz CT molecular complexity index is 794. The predicted molar refractivity (Wildman–Crippen MR) is 90.8 cm³/mol. The summed E-state index contributed by atoms with van der Waals surface area (Å²) in [5, 5.41) is 2.93. The van der Waals surface area contributed by atoms with Gasteiger partial charge in [-0.05, 0) is 48.5 Å². The van der Waals surface area contributed by atoms with Gasteiger partial charge in [-0.25, -0.2) is 8.42 Å². The fraction of sp³-hybridized carbons (Fsp3) is 0.0625. The number of anilines is 1. The predicted octanol–water partition coefficient (Wildman–Crippen LogP) is 3.66. The highest BCUT2D eigenvalue weighted by molar-refractivity contribution is 9.10. The molecule has 0 radical (unpaired) electrons. The van der Waals surface area contributed by atoms with Crippen LogP contribution in [0.3, 0.4) is 0 Å². The maximum absolute atomic E-state index is 11.9. The second-order valence-corrected chi connectivity index (χ2v) is 7.58. The quantitative estimate of drug-likeness (QED) is 0.635. The Morgan fingerprint density at radius 2 is 1.64 bits per heavy atom. The van der Waals surface area contributed by atoms with Crippen LogP contribution in [0.15, 0.2) is 70.2 Å². The van der Waals surface area contributed by atoms with Crippen molar-refractivity contribution in [1.29, 1.82) is 0 Å². The molecule has 0 aliphatic rings. The molecule has 0 aliphatic carbocycles. The van der Waals surface area contributed by atoms with E-state index in [1.807, 2.05) is 0 Å². The molecule has 1 N–H and O–H groups in total. The number of sulfone groups is 1. The molecule has 0 aliphatic heterocycles. The summed E-state index contributed by atoms with van der Waals surface area (Å²) >= 11 is 3.31. The number of ketones is 1. The molecule has 0 saturated carbocycles. The smallest absolute Gasteiger partial charge is 0.187 e. The minimum absolute atomic E-state index is 0.118. The molecular formula is C16H14BrNO3S. The first-order valence-corrected chi connectivity index (χ1v) is 9.08. The monoisotopic (exact) mass is 379 g/mol. The topological polar surface area (TPSA) is 63.2 Å². The third kappa shape index (κ3) is 4.54. The molecule has 4 nitrogen and oxygen atoms in total. The summed E-state index contributed by atoms with van der Waals surface area (Å²) in [6.45, 7) is 0. The summed E-state index contributed by atoms with van der Waals surface area (Å²) in [5.74, 6) is -0.118. The molecule has 22 heavy (non-hydrogen) atoms. The second kappa shape index (κ2) is 6.89. The third-order valence-electron chi connectivity index (χ3n) is 2.90. The van der Waals surface area contributed by atoms with E-state index in [0.29, 0.717) is 11.3 Å². The van der Waals surface area contributed by atoms with Crippen LogP contribution in [0.25, 0.3) is 0 Å². The van der Waals surface area contributed by atoms with Crippen LogP contribution >= 0.6 is 15.9 Å². The van der Waals surface area contributed by atoms with Gasteiger partial charge in [-0.3, -0.25) is 4.79 Å². The molecule has 0 amide bonds. The number of allylic oxidation sites excluding steroid dienone is 1. The number of carbonyl (C=O) groups excluding carboxylic acids is 1. The van der Waals surface area contributed by atoms with Gasteiger partial charge in [-0.1, -0.05) is 15.9 Å². The number of benzene rings is 2. The van der Waals surface area contributed by atoms with Crippen molar-refractivity contribution in [1.82, 2.24) is 0 Å². The Morgan fingerprint density at radius 3 is 2.18 bits per heavy atom. The number of nitrogens with one attached hydrogen (secondary N) is 1. The normalized spacial score (nSPS) is 11.5. The van der Waals surface area contributed by atoms with Crippen LogP contribution in [-0.4, -0.2) is 20.5 Å². The van der Waals surface area contributed by atoms with Crippen molar-refractivity contribution < 1.29 is 13.2 Å². The zero-order valence-corrected chi connectivity index (χ0v) is 14.2. The molecule has 0 aromatic heterocycles. The number of halogens is 1. The molecule has 2 aromatic carbocycles. The van der Waals surface area contributed by atoms with Crippen LogP contribution in [0.5, 0.6) is 0 Å². The average molecular weight is 380 g/mol. The van der Waals surface area contributed by atoms with Crippen LogP contribution in [0, 0.1) is 0 Å². The zero-order chi connectivity index (χ0) is 16.2. The van der Waals surface area contributed by atoms with Gasteiger partial charge in [0, 0.05) is 34.3 Å². The van der Waals surface area contributed by atoms with Crippen LogP contribution in [0.2, 0.25) is 0 Å². The molecule has 0 atom stereocenters. The van der Waals surface area contributed by atoms with E-state index in [1.165, 1.54) is 24.4 Å². The number of rotatable bonds is 5. The lowest BCUT2D eigenvalue weighted by Crippen LogP contribution is -1.98. The Kier molecular flexibility index (Phi) is 5.15. The van der Waals surface area contributed by atoms with E-state index in [9.17, 15) is 13.2 Å². The van der Waals surface area contributed by atoms with E-state index in [4.69, 9.17) is 0 Å². The lowest BCUT2D eigenvalue weighted by molar-refractivity contribution is 0.104. The van der Waals surface area contributed by atoms with E-state index in [2.05, 4.69) is 21.2 Å². The average Bonchev–Trinajstić information content (AvgIpc) is 2.47. The van der Waals surface area contributed by atoms with Gasteiger partial charge in [0.1, 0.15) is 0 Å². The van der Waals surface area contributed by atoms with E-state index in [0.717, 1.165) is 10.7 Å². The van der Waals surface area contributed by atoms with Gasteiger partial charge in [0.2, 0.25) is 0 Å². The lowest BCUT2D eigenvalue weighted by Gasteiger charge is -2.02. The molecule has 0 unspecified atom stereocenters. The van der Waals surface area contributed by atoms with E-state index in [1.54, 1.807) is 36.4 Å². The summed E-state index contributed by atoms with van der Waals surface area (Å²) < 4.78 is 23.6. The minimum Gasteiger partial charge on any atom is -0.362 e. The van der Waals surface area contributed by atoms with Crippen LogP contribution in [0.1, 0.15) is 10.4 Å². The summed E-state index contributed by atoms with van der Waals surface area (Å²) in [6, 6.07) is 13.4. The molecule has 0 saturated heterocycles. The maximum atomic E-state index is 11.9.